The van der Waals surface area contributed by atoms with E-state index in [9.17, 15) is 4.79 Å². The predicted molar refractivity (Wildman–Crippen MR) is 148 cm³/mol. The molecule has 0 aliphatic rings. The second kappa shape index (κ2) is 10.4. The van der Waals surface area contributed by atoms with Crippen molar-refractivity contribution in [3.63, 3.8) is 0 Å². The van der Waals surface area contributed by atoms with Gasteiger partial charge in [-0.3, -0.25) is 9.89 Å². The van der Waals surface area contributed by atoms with E-state index in [0.29, 0.717) is 17.9 Å². The molecule has 2 aromatic heterocycles. The molecule has 0 aliphatic carbocycles. The number of amides is 1. The molecule has 2 heterocycles. The zero-order valence-corrected chi connectivity index (χ0v) is 21.6. The summed E-state index contributed by atoms with van der Waals surface area (Å²) in [7, 11) is 4.01. The minimum absolute atomic E-state index is 0.137. The van der Waals surface area contributed by atoms with Crippen molar-refractivity contribution in [3.8, 4) is 17.0 Å². The third kappa shape index (κ3) is 5.17. The molecular weight excluding hydrogens is 462 g/mol. The van der Waals surface area contributed by atoms with Gasteiger partial charge in [-0.25, -0.2) is 4.98 Å². The maximum Gasteiger partial charge on any atom is 0.252 e. The normalized spacial score (nSPS) is 12.2. The maximum absolute atomic E-state index is 13.4. The van der Waals surface area contributed by atoms with Gasteiger partial charge in [-0.2, -0.15) is 5.10 Å². The predicted octanol–water partition coefficient (Wildman–Crippen LogP) is 5.52. The number of nitrogens with one attached hydrogen (secondary N) is 2. The summed E-state index contributed by atoms with van der Waals surface area (Å²) < 4.78 is 5.87. The molecule has 0 aliphatic heterocycles. The molecule has 7 heteroatoms. The Morgan fingerprint density at radius 3 is 2.73 bits per heavy atom. The highest BCUT2D eigenvalue weighted by Crippen LogP contribution is 2.32. The number of aromatic amines is 1. The quantitative estimate of drug-likeness (QED) is 0.298. The number of aromatic nitrogens is 3. The summed E-state index contributed by atoms with van der Waals surface area (Å²) >= 11 is 0. The highest BCUT2D eigenvalue weighted by molar-refractivity contribution is 5.98. The van der Waals surface area contributed by atoms with Gasteiger partial charge in [-0.15, -0.1) is 0 Å². The molecule has 0 radical (unpaired) electrons. The van der Waals surface area contributed by atoms with Crippen LogP contribution in [0.1, 0.15) is 34.5 Å². The number of benzene rings is 3. The first-order valence-corrected chi connectivity index (χ1v) is 12.4. The van der Waals surface area contributed by atoms with Crippen molar-refractivity contribution < 1.29 is 9.53 Å². The Bertz CT molecular complexity index is 1570. The molecule has 7 nitrogen and oxygen atoms in total. The Balaban J connectivity index is 1.46. The Labute approximate surface area is 216 Å². The number of aryl methyl sites for hydroxylation is 1. The van der Waals surface area contributed by atoms with E-state index in [1.807, 2.05) is 94.8 Å². The summed E-state index contributed by atoms with van der Waals surface area (Å²) in [6, 6.07) is 21.6. The van der Waals surface area contributed by atoms with Crippen LogP contribution in [-0.4, -0.2) is 53.2 Å². The van der Waals surface area contributed by atoms with Crippen molar-refractivity contribution in [1.82, 2.24) is 25.4 Å². The van der Waals surface area contributed by atoms with E-state index in [-0.39, 0.29) is 11.9 Å². The molecule has 0 bridgehead atoms. The number of likely N-dealkylation sites (N-methyl/N-ethyl adjacent to an activating group) is 1. The topological polar surface area (TPSA) is 83.1 Å². The van der Waals surface area contributed by atoms with Crippen LogP contribution in [0.15, 0.2) is 72.9 Å². The second-order valence-electron chi connectivity index (χ2n) is 9.57. The fourth-order valence-electron chi connectivity index (χ4n) is 4.52. The number of carbonyl (C=O) groups excluding carboxylic acids is 1. The van der Waals surface area contributed by atoms with Crippen molar-refractivity contribution in [2.75, 3.05) is 27.2 Å². The lowest BCUT2D eigenvalue weighted by atomic mass is 9.98. The largest absolute Gasteiger partial charge is 0.492 e. The molecule has 188 valence electrons. The lowest BCUT2D eigenvalue weighted by Crippen LogP contribution is -2.27. The van der Waals surface area contributed by atoms with Gasteiger partial charge in [-0.05, 0) is 69.4 Å². The van der Waals surface area contributed by atoms with Crippen molar-refractivity contribution in [2.45, 2.75) is 19.9 Å². The molecule has 3 aromatic carbocycles. The van der Waals surface area contributed by atoms with Crippen LogP contribution in [0, 0.1) is 6.92 Å². The van der Waals surface area contributed by atoms with E-state index in [1.165, 1.54) is 0 Å². The molecule has 0 saturated carbocycles. The summed E-state index contributed by atoms with van der Waals surface area (Å²) in [4.78, 5) is 20.4. The highest BCUT2D eigenvalue weighted by atomic mass is 16.5. The first-order chi connectivity index (χ1) is 17.9. The number of rotatable bonds is 8. The lowest BCUT2D eigenvalue weighted by Gasteiger charge is -2.19. The fraction of sp³-hybridized carbons (Fsp3) is 0.233. The van der Waals surface area contributed by atoms with Gasteiger partial charge in [0.05, 0.1) is 29.0 Å². The highest BCUT2D eigenvalue weighted by Gasteiger charge is 2.19. The molecule has 0 spiro atoms. The summed E-state index contributed by atoms with van der Waals surface area (Å²) in [6.07, 6.45) is 1.82. The zero-order valence-electron chi connectivity index (χ0n) is 21.6. The number of pyridine rings is 1. The van der Waals surface area contributed by atoms with Gasteiger partial charge in [-0.1, -0.05) is 36.4 Å². The SMILES string of the molecule is Cc1ccc(OCCN(C)C)cc1C(=O)N[C@H](C)c1cc(-c2cccc3[nH]ncc23)nc2ccccc12. The number of ether oxygens (including phenoxy) is 1. The summed E-state index contributed by atoms with van der Waals surface area (Å²) in [5, 5.41) is 12.5. The van der Waals surface area contributed by atoms with Crippen LogP contribution < -0.4 is 10.1 Å². The molecule has 5 rings (SSSR count). The smallest absolute Gasteiger partial charge is 0.252 e. The number of hydrogen-bond acceptors (Lipinski definition) is 5. The van der Waals surface area contributed by atoms with Crippen LogP contribution in [0.2, 0.25) is 0 Å². The van der Waals surface area contributed by atoms with E-state index < -0.39 is 0 Å². The number of para-hydroxylation sites is 1. The van der Waals surface area contributed by atoms with E-state index >= 15 is 0 Å². The third-order valence-electron chi connectivity index (χ3n) is 6.58. The van der Waals surface area contributed by atoms with Crippen molar-refractivity contribution in [2.24, 2.45) is 0 Å². The molecule has 0 fully saturated rings. The monoisotopic (exact) mass is 493 g/mol. The van der Waals surface area contributed by atoms with Crippen LogP contribution in [-0.2, 0) is 0 Å². The second-order valence-corrected chi connectivity index (χ2v) is 9.57. The van der Waals surface area contributed by atoms with Crippen molar-refractivity contribution in [1.29, 1.82) is 0 Å². The average Bonchev–Trinajstić information content (AvgIpc) is 3.38. The molecule has 37 heavy (non-hydrogen) atoms. The van der Waals surface area contributed by atoms with E-state index in [1.54, 1.807) is 0 Å². The number of fused-ring (bicyclic) bond motifs is 2. The fourth-order valence-corrected chi connectivity index (χ4v) is 4.52. The van der Waals surface area contributed by atoms with Gasteiger partial charge >= 0.3 is 0 Å². The molecule has 2 N–H and O–H groups in total. The van der Waals surface area contributed by atoms with E-state index in [0.717, 1.165) is 50.7 Å². The van der Waals surface area contributed by atoms with E-state index in [2.05, 4.69) is 26.5 Å². The van der Waals surface area contributed by atoms with Gasteiger partial charge in [0.2, 0.25) is 0 Å². The van der Waals surface area contributed by atoms with Gasteiger partial charge < -0.3 is 15.0 Å². The van der Waals surface area contributed by atoms with Gasteiger partial charge in [0, 0.05) is 28.4 Å². The molecule has 1 amide bonds. The number of nitrogens with zero attached hydrogens (tertiary/aromatic N) is 3. The minimum Gasteiger partial charge on any atom is -0.492 e. The number of carbonyl (C=O) groups is 1. The number of H-pyrrole nitrogens is 1. The summed E-state index contributed by atoms with van der Waals surface area (Å²) in [6.45, 7) is 5.31. The van der Waals surface area contributed by atoms with Crippen LogP contribution in [0.5, 0.6) is 5.75 Å². The lowest BCUT2D eigenvalue weighted by molar-refractivity contribution is 0.0939. The van der Waals surface area contributed by atoms with Gasteiger partial charge in [0.15, 0.2) is 0 Å². The standard InChI is InChI=1S/C30H31N5O2/c1-19-12-13-21(37-15-14-35(3)4)16-24(19)30(36)32-20(2)25-17-29(33-27-10-6-5-8-22(25)27)23-9-7-11-28-26(23)18-31-34-28/h5-13,16-18,20H,14-15H2,1-4H3,(H,31,34)(H,32,36)/t20-/m1/s1. The van der Waals surface area contributed by atoms with Crippen molar-refractivity contribution in [3.05, 3.63) is 89.6 Å². The molecule has 1 atom stereocenters. The molecule has 0 unspecified atom stereocenters. The zero-order chi connectivity index (χ0) is 25.9. The summed E-state index contributed by atoms with van der Waals surface area (Å²) in [5.74, 6) is 0.553. The molecule has 0 saturated heterocycles. The van der Waals surface area contributed by atoms with Crippen molar-refractivity contribution >= 4 is 27.7 Å². The Morgan fingerprint density at radius 2 is 1.89 bits per heavy atom. The molecular formula is C30H31N5O2. The van der Waals surface area contributed by atoms with Gasteiger partial charge in [0.25, 0.3) is 5.91 Å². The first kappa shape index (κ1) is 24.5. The third-order valence-corrected chi connectivity index (χ3v) is 6.58. The Kier molecular flexibility index (Phi) is 6.88. The van der Waals surface area contributed by atoms with Crippen LogP contribution in [0.25, 0.3) is 33.1 Å². The van der Waals surface area contributed by atoms with Gasteiger partial charge in [0.1, 0.15) is 12.4 Å². The Hall–Kier alpha value is -4.23. The number of hydrogen-bond donors (Lipinski definition) is 2. The molecule has 5 aromatic rings. The van der Waals surface area contributed by atoms with E-state index in [4.69, 9.17) is 9.72 Å². The Morgan fingerprint density at radius 1 is 1.05 bits per heavy atom. The average molecular weight is 494 g/mol. The minimum atomic E-state index is -0.250. The summed E-state index contributed by atoms with van der Waals surface area (Å²) in [5.41, 5.74) is 6.19. The van der Waals surface area contributed by atoms with Crippen LogP contribution >= 0.6 is 0 Å². The van der Waals surface area contributed by atoms with Crippen LogP contribution in [0.4, 0.5) is 0 Å². The maximum atomic E-state index is 13.4. The first-order valence-electron chi connectivity index (χ1n) is 12.4. The van der Waals surface area contributed by atoms with Crippen LogP contribution in [0.3, 0.4) is 0 Å².